The van der Waals surface area contributed by atoms with Crippen LogP contribution in [0.5, 0.6) is 0 Å². The quantitative estimate of drug-likeness (QED) is 0.485. The van der Waals surface area contributed by atoms with E-state index in [1.807, 2.05) is 42.5 Å². The average molecular weight is 429 g/mol. The molecule has 5 rings (SSSR count). The fourth-order valence-electron chi connectivity index (χ4n) is 3.71. The molecule has 0 saturated carbocycles. The van der Waals surface area contributed by atoms with Gasteiger partial charge in [0.25, 0.3) is 5.91 Å². The van der Waals surface area contributed by atoms with Gasteiger partial charge in [0, 0.05) is 24.5 Å². The minimum atomic E-state index is -0.528. The number of imide groups is 1. The highest BCUT2D eigenvalue weighted by Gasteiger charge is 2.39. The summed E-state index contributed by atoms with van der Waals surface area (Å²) in [5.41, 5.74) is 4.70. The zero-order chi connectivity index (χ0) is 21.4. The summed E-state index contributed by atoms with van der Waals surface area (Å²) in [7, 11) is 0. The molecular formula is C24H20N4O2S. The standard InChI is InChI=1S/C24H20N4O2S/c1-15-4-9-19-21(11-15)31-23(27-19)17-5-7-18(8-6-17)28-22(29)12-20(24(28)30)26-14-16-3-2-10-25-13-16/h2-11,13,20,26H,12,14H2,1H3/t20-/m0/s1. The number of aryl methyl sites for hydroxylation is 1. The van der Waals surface area contributed by atoms with Crippen LogP contribution >= 0.6 is 11.3 Å². The lowest BCUT2D eigenvalue weighted by molar-refractivity contribution is -0.121. The van der Waals surface area contributed by atoms with Gasteiger partial charge in [-0.05, 0) is 60.5 Å². The Balaban J connectivity index is 1.32. The van der Waals surface area contributed by atoms with Crippen molar-refractivity contribution in [2.45, 2.75) is 25.9 Å². The van der Waals surface area contributed by atoms with E-state index >= 15 is 0 Å². The third-order valence-corrected chi connectivity index (χ3v) is 6.41. The van der Waals surface area contributed by atoms with Crippen LogP contribution in [-0.4, -0.2) is 27.8 Å². The second-order valence-electron chi connectivity index (χ2n) is 7.60. The number of nitrogens with zero attached hydrogens (tertiary/aromatic N) is 3. The van der Waals surface area contributed by atoms with E-state index < -0.39 is 6.04 Å². The van der Waals surface area contributed by atoms with Gasteiger partial charge in [-0.1, -0.05) is 12.1 Å². The Morgan fingerprint density at radius 3 is 2.74 bits per heavy atom. The number of rotatable bonds is 5. The number of fused-ring (bicyclic) bond motifs is 1. The molecule has 154 valence electrons. The average Bonchev–Trinajstić information content (AvgIpc) is 3.33. The van der Waals surface area contributed by atoms with Crippen LogP contribution in [0.4, 0.5) is 5.69 Å². The second-order valence-corrected chi connectivity index (χ2v) is 8.63. The number of hydrogen-bond acceptors (Lipinski definition) is 6. The first-order valence-electron chi connectivity index (χ1n) is 10.1. The monoisotopic (exact) mass is 428 g/mol. The molecule has 1 atom stereocenters. The minimum Gasteiger partial charge on any atom is -0.301 e. The number of anilines is 1. The molecule has 0 bridgehead atoms. The van der Waals surface area contributed by atoms with Gasteiger partial charge >= 0.3 is 0 Å². The van der Waals surface area contributed by atoms with Crippen molar-refractivity contribution in [3.05, 3.63) is 78.1 Å². The molecule has 1 fully saturated rings. The molecule has 2 aromatic carbocycles. The van der Waals surface area contributed by atoms with Gasteiger partial charge in [-0.3, -0.25) is 14.6 Å². The maximum Gasteiger partial charge on any atom is 0.251 e. The maximum absolute atomic E-state index is 12.9. The van der Waals surface area contributed by atoms with Crippen LogP contribution in [0.1, 0.15) is 17.5 Å². The van der Waals surface area contributed by atoms with Gasteiger partial charge in [-0.2, -0.15) is 0 Å². The van der Waals surface area contributed by atoms with Crippen molar-refractivity contribution >= 4 is 39.1 Å². The first kappa shape index (κ1) is 19.5. The Morgan fingerprint density at radius 2 is 1.97 bits per heavy atom. The number of nitrogens with one attached hydrogen (secondary N) is 1. The second kappa shape index (κ2) is 8.02. The third kappa shape index (κ3) is 3.85. The van der Waals surface area contributed by atoms with Crippen molar-refractivity contribution in [2.75, 3.05) is 4.90 Å². The van der Waals surface area contributed by atoms with E-state index in [2.05, 4.69) is 29.4 Å². The molecule has 1 N–H and O–H groups in total. The van der Waals surface area contributed by atoms with Gasteiger partial charge in [0.05, 0.1) is 28.4 Å². The fourth-order valence-corrected chi connectivity index (χ4v) is 4.78. The summed E-state index contributed by atoms with van der Waals surface area (Å²) >= 11 is 1.63. The molecule has 6 nitrogen and oxygen atoms in total. The van der Waals surface area contributed by atoms with Gasteiger partial charge < -0.3 is 5.32 Å². The number of aromatic nitrogens is 2. The van der Waals surface area contributed by atoms with Crippen LogP contribution < -0.4 is 10.2 Å². The van der Waals surface area contributed by atoms with Gasteiger partial charge in [-0.25, -0.2) is 9.88 Å². The van der Waals surface area contributed by atoms with Crippen molar-refractivity contribution in [1.29, 1.82) is 0 Å². The van der Waals surface area contributed by atoms with E-state index in [9.17, 15) is 9.59 Å². The van der Waals surface area contributed by atoms with Gasteiger partial charge in [0.1, 0.15) is 5.01 Å². The van der Waals surface area contributed by atoms with E-state index in [4.69, 9.17) is 4.98 Å². The van der Waals surface area contributed by atoms with Crippen molar-refractivity contribution in [2.24, 2.45) is 0 Å². The Bertz CT molecular complexity index is 1270. The molecule has 7 heteroatoms. The first-order chi connectivity index (χ1) is 15.1. The highest BCUT2D eigenvalue weighted by molar-refractivity contribution is 7.21. The molecule has 4 aromatic rings. The number of hydrogen-bond donors (Lipinski definition) is 1. The maximum atomic E-state index is 12.9. The van der Waals surface area contributed by atoms with Crippen LogP contribution in [0.3, 0.4) is 0 Å². The van der Waals surface area contributed by atoms with Gasteiger partial charge in [-0.15, -0.1) is 11.3 Å². The largest absolute Gasteiger partial charge is 0.301 e. The van der Waals surface area contributed by atoms with E-state index in [1.54, 1.807) is 23.7 Å². The van der Waals surface area contributed by atoms with Crippen molar-refractivity contribution in [3.8, 4) is 10.6 Å². The topological polar surface area (TPSA) is 75.2 Å². The summed E-state index contributed by atoms with van der Waals surface area (Å²) < 4.78 is 1.14. The fraction of sp³-hybridized carbons (Fsp3) is 0.167. The van der Waals surface area contributed by atoms with Crippen molar-refractivity contribution in [1.82, 2.24) is 15.3 Å². The molecule has 31 heavy (non-hydrogen) atoms. The van der Waals surface area contributed by atoms with Gasteiger partial charge in [0.15, 0.2) is 0 Å². The summed E-state index contributed by atoms with van der Waals surface area (Å²) in [6, 6.07) is 16.9. The molecule has 0 spiro atoms. The van der Waals surface area contributed by atoms with Crippen LogP contribution in [-0.2, 0) is 16.1 Å². The predicted molar refractivity (Wildman–Crippen MR) is 122 cm³/mol. The van der Waals surface area contributed by atoms with Gasteiger partial charge in [0.2, 0.25) is 5.91 Å². The zero-order valence-electron chi connectivity index (χ0n) is 16.9. The van der Waals surface area contributed by atoms with Crippen molar-refractivity contribution < 1.29 is 9.59 Å². The third-order valence-electron chi connectivity index (χ3n) is 5.34. The summed E-state index contributed by atoms with van der Waals surface area (Å²) in [5, 5.41) is 4.09. The molecule has 1 saturated heterocycles. The molecule has 1 aliphatic heterocycles. The van der Waals surface area contributed by atoms with E-state index in [0.29, 0.717) is 12.2 Å². The highest BCUT2D eigenvalue weighted by Crippen LogP contribution is 2.32. The molecule has 1 aliphatic rings. The van der Waals surface area contributed by atoms with E-state index in [0.717, 1.165) is 26.4 Å². The zero-order valence-corrected chi connectivity index (χ0v) is 17.7. The van der Waals surface area contributed by atoms with E-state index in [-0.39, 0.29) is 18.2 Å². The Kier molecular flexibility index (Phi) is 5.05. The summed E-state index contributed by atoms with van der Waals surface area (Å²) in [6.07, 6.45) is 3.60. The number of pyridine rings is 1. The van der Waals surface area contributed by atoms with Crippen LogP contribution in [0.2, 0.25) is 0 Å². The molecule has 0 aliphatic carbocycles. The van der Waals surface area contributed by atoms with Crippen molar-refractivity contribution in [3.63, 3.8) is 0 Å². The number of carbonyl (C=O) groups excluding carboxylic acids is 2. The molecule has 3 heterocycles. The molecular weight excluding hydrogens is 408 g/mol. The molecule has 0 unspecified atom stereocenters. The molecule has 2 amide bonds. The minimum absolute atomic E-state index is 0.151. The Labute approximate surface area is 183 Å². The number of amides is 2. The predicted octanol–water partition coefficient (Wildman–Crippen LogP) is 4.09. The summed E-state index contributed by atoms with van der Waals surface area (Å²) in [6.45, 7) is 2.55. The van der Waals surface area contributed by atoms with Crippen LogP contribution in [0.15, 0.2) is 67.0 Å². The number of benzene rings is 2. The highest BCUT2D eigenvalue weighted by atomic mass is 32.1. The molecule has 0 radical (unpaired) electrons. The normalized spacial score (nSPS) is 16.4. The smallest absolute Gasteiger partial charge is 0.251 e. The number of carbonyl (C=O) groups is 2. The lowest BCUT2D eigenvalue weighted by Gasteiger charge is -2.16. The lowest BCUT2D eigenvalue weighted by Crippen LogP contribution is -2.38. The number of thiazole rings is 1. The SMILES string of the molecule is Cc1ccc2nc(-c3ccc(N4C(=O)C[C@H](NCc5cccnc5)C4=O)cc3)sc2c1. The van der Waals surface area contributed by atoms with E-state index in [1.165, 1.54) is 10.5 Å². The first-order valence-corrected chi connectivity index (χ1v) is 10.9. The lowest BCUT2D eigenvalue weighted by atomic mass is 10.2. The van der Waals surface area contributed by atoms with Crippen LogP contribution in [0, 0.1) is 6.92 Å². The Hall–Kier alpha value is -3.42. The summed E-state index contributed by atoms with van der Waals surface area (Å²) in [5.74, 6) is -0.422. The molecule has 2 aromatic heterocycles. The Morgan fingerprint density at radius 1 is 1.13 bits per heavy atom. The summed E-state index contributed by atoms with van der Waals surface area (Å²) in [4.78, 5) is 35.5. The van der Waals surface area contributed by atoms with Crippen LogP contribution in [0.25, 0.3) is 20.8 Å².